The molecule has 1 aliphatic heterocycles. The number of benzene rings is 1. The molecule has 5 heteroatoms. The van der Waals surface area contributed by atoms with E-state index in [0.717, 1.165) is 37.1 Å². The highest BCUT2D eigenvalue weighted by atomic mass is 35.5. The van der Waals surface area contributed by atoms with Gasteiger partial charge in [-0.2, -0.15) is 13.2 Å². The lowest BCUT2D eigenvalue weighted by atomic mass is 10.0. The Bertz CT molecular complexity index is 397. The van der Waals surface area contributed by atoms with E-state index in [1.165, 1.54) is 6.07 Å². The molecule has 1 aliphatic rings. The largest absolute Gasteiger partial charge is 0.416 e. The van der Waals surface area contributed by atoms with Crippen LogP contribution in [0.25, 0.3) is 0 Å². The monoisotopic (exact) mass is 263 g/mol. The Morgan fingerprint density at radius 2 is 2.12 bits per heavy atom. The van der Waals surface area contributed by atoms with Crippen LogP contribution in [-0.4, -0.2) is 12.6 Å². The van der Waals surface area contributed by atoms with Crippen molar-refractivity contribution in [1.82, 2.24) is 5.32 Å². The molecule has 1 atom stereocenters. The summed E-state index contributed by atoms with van der Waals surface area (Å²) in [6, 6.07) is 3.91. The highest BCUT2D eigenvalue weighted by molar-refractivity contribution is 6.31. The summed E-state index contributed by atoms with van der Waals surface area (Å²) in [6.45, 7) is 0.975. The average Bonchev–Trinajstić information content (AvgIpc) is 2.72. The van der Waals surface area contributed by atoms with Gasteiger partial charge in [-0.15, -0.1) is 0 Å². The van der Waals surface area contributed by atoms with Gasteiger partial charge in [-0.1, -0.05) is 17.7 Å². The van der Waals surface area contributed by atoms with Crippen molar-refractivity contribution in [2.45, 2.75) is 31.5 Å². The van der Waals surface area contributed by atoms with Crippen LogP contribution in [0.4, 0.5) is 13.2 Å². The van der Waals surface area contributed by atoms with Gasteiger partial charge < -0.3 is 5.32 Å². The minimum atomic E-state index is -4.33. The van der Waals surface area contributed by atoms with Crippen molar-refractivity contribution in [3.63, 3.8) is 0 Å². The summed E-state index contributed by atoms with van der Waals surface area (Å²) in [4.78, 5) is 0. The van der Waals surface area contributed by atoms with E-state index in [9.17, 15) is 13.2 Å². The average molecular weight is 264 g/mol. The Balaban J connectivity index is 2.14. The number of rotatable bonds is 2. The van der Waals surface area contributed by atoms with Gasteiger partial charge in [-0.05, 0) is 43.5 Å². The van der Waals surface area contributed by atoms with Crippen LogP contribution in [0.3, 0.4) is 0 Å². The number of nitrogens with one attached hydrogen (secondary N) is 1. The zero-order chi connectivity index (χ0) is 12.5. The van der Waals surface area contributed by atoms with E-state index in [1.807, 2.05) is 0 Å². The first-order valence-electron chi connectivity index (χ1n) is 5.56. The lowest BCUT2D eigenvalue weighted by Gasteiger charge is -2.13. The Hall–Kier alpha value is -0.740. The van der Waals surface area contributed by atoms with Crippen LogP contribution in [-0.2, 0) is 12.6 Å². The van der Waals surface area contributed by atoms with E-state index in [4.69, 9.17) is 11.6 Å². The maximum absolute atomic E-state index is 12.4. The van der Waals surface area contributed by atoms with Crippen LogP contribution < -0.4 is 5.32 Å². The Morgan fingerprint density at radius 1 is 1.35 bits per heavy atom. The maximum atomic E-state index is 12.4. The van der Waals surface area contributed by atoms with Crippen molar-refractivity contribution in [3.05, 3.63) is 34.3 Å². The third-order valence-electron chi connectivity index (χ3n) is 3.01. The normalized spacial score (nSPS) is 20.8. The van der Waals surface area contributed by atoms with Gasteiger partial charge >= 0.3 is 6.18 Å². The van der Waals surface area contributed by atoms with Gasteiger partial charge in [-0.25, -0.2) is 0 Å². The van der Waals surface area contributed by atoms with Gasteiger partial charge in [0.15, 0.2) is 0 Å². The Morgan fingerprint density at radius 3 is 2.65 bits per heavy atom. The van der Waals surface area contributed by atoms with Crippen LogP contribution >= 0.6 is 11.6 Å². The van der Waals surface area contributed by atoms with E-state index < -0.39 is 11.7 Å². The quantitative estimate of drug-likeness (QED) is 0.859. The van der Waals surface area contributed by atoms with Crippen LogP contribution in [0.15, 0.2) is 18.2 Å². The zero-order valence-corrected chi connectivity index (χ0v) is 9.91. The summed E-state index contributed by atoms with van der Waals surface area (Å²) in [5, 5.41) is 3.50. The maximum Gasteiger partial charge on any atom is 0.416 e. The second kappa shape index (κ2) is 4.86. The molecule has 2 rings (SSSR count). The fourth-order valence-corrected chi connectivity index (χ4v) is 2.34. The van der Waals surface area contributed by atoms with Crippen molar-refractivity contribution in [1.29, 1.82) is 0 Å². The first kappa shape index (κ1) is 12.7. The molecule has 1 fully saturated rings. The van der Waals surface area contributed by atoms with Crippen molar-refractivity contribution in [2.75, 3.05) is 6.54 Å². The lowest BCUT2D eigenvalue weighted by molar-refractivity contribution is -0.137. The zero-order valence-electron chi connectivity index (χ0n) is 9.15. The smallest absolute Gasteiger partial charge is 0.314 e. The summed E-state index contributed by atoms with van der Waals surface area (Å²) in [5.41, 5.74) is 0.0877. The third-order valence-corrected chi connectivity index (χ3v) is 3.36. The summed E-state index contributed by atoms with van der Waals surface area (Å²) in [6.07, 6.45) is -1.47. The molecule has 1 aromatic carbocycles. The third kappa shape index (κ3) is 3.13. The molecule has 1 nitrogen and oxygen atoms in total. The molecule has 0 amide bonds. The molecule has 0 bridgehead atoms. The molecule has 1 unspecified atom stereocenters. The molecule has 1 N–H and O–H groups in total. The number of halogens is 4. The standard InChI is InChI=1S/C12H13ClF3N/c13-11-7-9(12(14,15)16)4-3-8(11)6-10-2-1-5-17-10/h3-4,7,10,17H,1-2,5-6H2. The first-order chi connectivity index (χ1) is 7.97. The molecular weight excluding hydrogens is 251 g/mol. The van der Waals surface area contributed by atoms with Crippen LogP contribution in [0.5, 0.6) is 0 Å². The van der Waals surface area contributed by atoms with E-state index in [0.29, 0.717) is 12.5 Å². The van der Waals surface area contributed by atoms with Crippen molar-refractivity contribution in [2.24, 2.45) is 0 Å². The Kier molecular flexibility index (Phi) is 3.64. The molecule has 1 aromatic rings. The van der Waals surface area contributed by atoms with E-state index in [2.05, 4.69) is 5.32 Å². The fraction of sp³-hybridized carbons (Fsp3) is 0.500. The van der Waals surface area contributed by atoms with Gasteiger partial charge in [0.05, 0.1) is 5.56 Å². The molecule has 1 heterocycles. The molecule has 94 valence electrons. The van der Waals surface area contributed by atoms with Crippen molar-refractivity contribution in [3.8, 4) is 0 Å². The van der Waals surface area contributed by atoms with E-state index in [-0.39, 0.29) is 5.02 Å². The van der Waals surface area contributed by atoms with E-state index in [1.54, 1.807) is 0 Å². The summed E-state index contributed by atoms with van der Waals surface area (Å²) in [7, 11) is 0. The highest BCUT2D eigenvalue weighted by Crippen LogP contribution is 2.32. The SMILES string of the molecule is FC(F)(F)c1ccc(CC2CCCN2)c(Cl)c1. The minimum absolute atomic E-state index is 0.202. The number of alkyl halides is 3. The highest BCUT2D eigenvalue weighted by Gasteiger charge is 2.31. The topological polar surface area (TPSA) is 12.0 Å². The van der Waals surface area contributed by atoms with Crippen LogP contribution in [0, 0.1) is 0 Å². The van der Waals surface area contributed by atoms with E-state index >= 15 is 0 Å². The predicted octanol–water partition coefficient (Wildman–Crippen LogP) is 3.65. The van der Waals surface area contributed by atoms with Gasteiger partial charge in [0, 0.05) is 11.1 Å². The molecule has 17 heavy (non-hydrogen) atoms. The fourth-order valence-electron chi connectivity index (χ4n) is 2.09. The molecule has 0 spiro atoms. The van der Waals surface area contributed by atoms with Crippen LogP contribution in [0.2, 0.25) is 5.02 Å². The first-order valence-corrected chi connectivity index (χ1v) is 5.93. The van der Waals surface area contributed by atoms with Crippen molar-refractivity contribution < 1.29 is 13.2 Å². The van der Waals surface area contributed by atoms with Gasteiger partial charge in [-0.3, -0.25) is 0 Å². The van der Waals surface area contributed by atoms with Gasteiger partial charge in [0.25, 0.3) is 0 Å². The molecule has 0 radical (unpaired) electrons. The lowest BCUT2D eigenvalue weighted by Crippen LogP contribution is -2.23. The molecule has 0 aliphatic carbocycles. The molecule has 1 saturated heterocycles. The summed E-state index contributed by atoms with van der Waals surface area (Å²) >= 11 is 5.89. The molecule has 0 aromatic heterocycles. The van der Waals surface area contributed by atoms with Gasteiger partial charge in [0.1, 0.15) is 0 Å². The van der Waals surface area contributed by atoms with Gasteiger partial charge in [0.2, 0.25) is 0 Å². The Labute approximate surface area is 103 Å². The second-order valence-corrected chi connectivity index (χ2v) is 4.71. The summed E-state index contributed by atoms with van der Waals surface area (Å²) < 4.78 is 37.3. The van der Waals surface area contributed by atoms with Crippen LogP contribution in [0.1, 0.15) is 24.0 Å². The molecular formula is C12H13ClF3N. The van der Waals surface area contributed by atoms with Crippen molar-refractivity contribution >= 4 is 11.6 Å². The summed E-state index contributed by atoms with van der Waals surface area (Å²) in [5.74, 6) is 0. The minimum Gasteiger partial charge on any atom is -0.314 e. The molecule has 0 saturated carbocycles. The predicted molar refractivity (Wildman–Crippen MR) is 61.2 cm³/mol. The number of hydrogen-bond donors (Lipinski definition) is 1. The second-order valence-electron chi connectivity index (χ2n) is 4.30. The number of hydrogen-bond acceptors (Lipinski definition) is 1.